The third kappa shape index (κ3) is 40.8. The van der Waals surface area contributed by atoms with Crippen molar-refractivity contribution >= 4 is 118 Å². The number of hydrogen-bond acceptors (Lipinski definition) is 22. The lowest BCUT2D eigenvalue weighted by atomic mass is 10.0. The van der Waals surface area contributed by atoms with Crippen LogP contribution in [0.15, 0.2) is 20.0 Å². The zero-order valence-electron chi connectivity index (χ0n) is 62.3. The van der Waals surface area contributed by atoms with Crippen LogP contribution < -0.4 is 126 Å². The van der Waals surface area contributed by atoms with E-state index in [0.717, 1.165) is 0 Å². The van der Waals surface area contributed by atoms with Crippen LogP contribution in [-0.4, -0.2) is 259 Å². The number of nitrogens with two attached hydrogens (primary N) is 9. The smallest absolute Gasteiger partial charge is 0.320 e. The summed E-state index contributed by atoms with van der Waals surface area (Å²) in [7, 11) is 0. The molecule has 602 valence electrons. The Balaban J connectivity index is 5.95. The van der Waals surface area contributed by atoms with E-state index in [4.69, 9.17) is 51.6 Å². The maximum Gasteiger partial charge on any atom is 0.320 e. The predicted molar refractivity (Wildman–Crippen MR) is 397 cm³/mol. The Kier molecular flexibility index (Phi) is 46.3. The summed E-state index contributed by atoms with van der Waals surface area (Å²) in [6.45, 7) is 13.3. The molecule has 0 rings (SSSR count). The Labute approximate surface area is 620 Å². The zero-order chi connectivity index (χ0) is 81.1. The average Bonchev–Trinajstić information content (AvgIpc) is 0.875. The van der Waals surface area contributed by atoms with E-state index in [1.807, 2.05) is 0 Å². The molecule has 0 aliphatic rings. The molecule has 106 heavy (non-hydrogen) atoms. The van der Waals surface area contributed by atoms with Gasteiger partial charge in [0.25, 0.3) is 0 Å². The van der Waals surface area contributed by atoms with Gasteiger partial charge in [-0.1, -0.05) is 13.8 Å². The van der Waals surface area contributed by atoms with Gasteiger partial charge in [0, 0.05) is 38.8 Å². The third-order valence-electron chi connectivity index (χ3n) is 15.4. The largest absolute Gasteiger partial charge is 0.480 e. The van der Waals surface area contributed by atoms with Crippen LogP contribution in [-0.2, 0) is 67.1 Å². The number of aliphatic hydroxyl groups excluding tert-OH is 1. The number of aliphatic imine (C=N–C) groups is 4. The number of nitrogens with one attached hydrogen (secondary N) is 14. The lowest BCUT2D eigenvalue weighted by Gasteiger charge is -2.27. The van der Waals surface area contributed by atoms with Crippen molar-refractivity contribution in [1.82, 2.24) is 74.4 Å². The molecule has 0 saturated carbocycles. The Hall–Kier alpha value is -10.1. The lowest BCUT2D eigenvalue weighted by molar-refractivity contribution is -0.140. The number of thioether (sulfide) groups is 1. The fourth-order valence-corrected chi connectivity index (χ4v) is 9.81. The fraction of sp³-hybridized carbons (Fsp3) is 0.710. The highest BCUT2D eigenvalue weighted by Gasteiger charge is 2.35. The first-order chi connectivity index (χ1) is 49.5. The van der Waals surface area contributed by atoms with Gasteiger partial charge < -0.3 is 136 Å². The molecule has 0 bridgehead atoms. The molecule has 44 heteroatoms. The maximum atomic E-state index is 14.0. The molecule has 0 aliphatic carbocycles. The van der Waals surface area contributed by atoms with Gasteiger partial charge >= 0.3 is 5.97 Å². The number of aliphatic hydroxyl groups is 1. The number of carboxylic acids is 1. The zero-order valence-corrected chi connectivity index (χ0v) is 63.1. The third-order valence-corrected chi connectivity index (χ3v) is 16.1. The van der Waals surface area contributed by atoms with Crippen molar-refractivity contribution in [3.05, 3.63) is 0 Å². The normalized spacial score (nSPS) is 15.2. The van der Waals surface area contributed by atoms with Gasteiger partial charge in [-0.25, -0.2) is 0 Å². The van der Waals surface area contributed by atoms with Gasteiger partial charge in [-0.05, 0) is 138 Å². The highest BCUT2D eigenvalue weighted by molar-refractivity contribution is 7.98. The number of aliphatic carboxylic acids is 1. The highest BCUT2D eigenvalue weighted by Crippen LogP contribution is 2.10. The number of rotatable bonds is 52. The summed E-state index contributed by atoms with van der Waals surface area (Å²) in [5, 5.41) is 55.4. The Bertz CT molecular complexity index is 3040. The van der Waals surface area contributed by atoms with Crippen molar-refractivity contribution < 1.29 is 77.3 Å². The summed E-state index contributed by atoms with van der Waals surface area (Å²) < 4.78 is 0. The molecule has 43 nitrogen and oxygen atoms in total. The Morgan fingerprint density at radius 1 is 0.340 bits per heavy atom. The Morgan fingerprint density at radius 2 is 0.604 bits per heavy atom. The minimum Gasteiger partial charge on any atom is -0.480 e. The van der Waals surface area contributed by atoms with E-state index in [2.05, 4.69) is 94.4 Å². The van der Waals surface area contributed by atoms with Crippen LogP contribution in [0.5, 0.6) is 0 Å². The topological polar surface area (TPSA) is 731 Å². The first kappa shape index (κ1) is 95.9. The molecule has 0 radical (unpaired) electrons. The molecule has 0 unspecified atom stereocenters. The van der Waals surface area contributed by atoms with Gasteiger partial charge in [0.15, 0.2) is 23.8 Å². The van der Waals surface area contributed by atoms with Crippen molar-refractivity contribution in [2.24, 2.45) is 77.5 Å². The number of carbonyl (C=O) groups excluding carboxylic acids is 13. The second-order valence-corrected chi connectivity index (χ2v) is 26.6. The minimum absolute atomic E-state index is 0.0112. The van der Waals surface area contributed by atoms with Crippen LogP contribution in [0.4, 0.5) is 0 Å². The van der Waals surface area contributed by atoms with Gasteiger partial charge in [-0.2, -0.15) is 11.8 Å². The maximum absolute atomic E-state index is 14.0. The second-order valence-electron chi connectivity index (χ2n) is 25.6. The van der Waals surface area contributed by atoms with Gasteiger partial charge in [0.2, 0.25) is 76.8 Å². The van der Waals surface area contributed by atoms with E-state index in [1.165, 1.54) is 67.2 Å². The summed E-state index contributed by atoms with van der Waals surface area (Å²) in [6, 6.07) is -18.7. The van der Waals surface area contributed by atoms with Crippen LogP contribution in [0.3, 0.4) is 0 Å². The van der Waals surface area contributed by atoms with Crippen molar-refractivity contribution in [3.8, 4) is 0 Å². The summed E-state index contributed by atoms with van der Waals surface area (Å²) in [6.07, 6.45) is 3.37. The predicted octanol–water partition coefficient (Wildman–Crippen LogP) is -10.2. The average molecular weight is 1530 g/mol. The van der Waals surface area contributed by atoms with E-state index in [9.17, 15) is 77.3 Å². The molecule has 0 aromatic rings. The molecule has 0 saturated heterocycles. The molecular weight excluding hydrogens is 1410 g/mol. The van der Waals surface area contributed by atoms with E-state index in [-0.39, 0.29) is 114 Å². The summed E-state index contributed by atoms with van der Waals surface area (Å²) in [4.78, 5) is 202. The second kappa shape index (κ2) is 51.1. The molecule has 0 aliphatic heterocycles. The molecule has 0 heterocycles. The molecule has 0 aromatic heterocycles. The van der Waals surface area contributed by atoms with E-state index >= 15 is 0 Å². The fourth-order valence-electron chi connectivity index (χ4n) is 9.34. The van der Waals surface area contributed by atoms with Crippen molar-refractivity contribution in [2.75, 3.05) is 51.3 Å². The number of carboxylic acid groups (broad SMARTS) is 1. The SMILES string of the molecule is CSCC[C@H](NC(=O)[C@H](C)N)C(=O)N[C@@H](C)C(=O)N[C@@H](CCCN=C(N)N)C(=O)N[C@@H](C)C(=O)N[C@@H](C)C(=O)N[C@@H](CO)C(=O)N[C@@H](C)C(=O)N[C@@H](C)C(=O)N[C@@H](C)C(=O)N[C@@H](CC(C)C)C(=O)N[C@@H](C)C(=O)N[C@@H](CCCN=C(N)N)C(=O)N[C@@H](CCCN=C(N)N)CN[C@@H](CCCN=C(N)N)C(=O)O. The van der Waals surface area contributed by atoms with E-state index < -0.39 is 180 Å². The highest BCUT2D eigenvalue weighted by atomic mass is 32.2. The van der Waals surface area contributed by atoms with Crippen LogP contribution >= 0.6 is 11.8 Å². The standard InChI is InChI=1S/C62H117N27O16S/c1-29(2)26-43(56(102)82-37(10)50(96)87-40(18-14-23-74-61(68)69)55(101)84-38(16-12-21-72-59(64)65)27-76-42(58(104)105)19-15-24-75-62(70)71)88-51(97)34(7)78-46(92)31(4)77-48(94)33(6)83-57(103)44(28-90)89-52(98)35(8)79-47(93)32(5)80-53(99)39(17-13-22-73-60(66)67)86-49(95)36(9)81-54(100)41(20-25-106-11)85-45(91)30(3)63/h29-44,76,90H,12-28,63H2,1-11H3,(H,77,94)(H,78,92)(H,79,93)(H,80,99)(H,81,100)(H,82,102)(H,83,103)(H,84,101)(H,85,91)(H,86,95)(H,87,96)(H,88,97)(H,89,98)(H,104,105)(H4,64,65,72)(H4,66,67,73)(H4,68,69,74)(H4,70,71,75)/t30-,31-,32-,33-,34-,35-,36-,37-,38-,39-,40-,41-,42-,43-,44-/m0/s1. The molecule has 0 spiro atoms. The summed E-state index contributed by atoms with van der Waals surface area (Å²) in [5.74, 6) is -12.6. The first-order valence-electron chi connectivity index (χ1n) is 34.5. The molecule has 0 aromatic carbocycles. The monoisotopic (exact) mass is 1530 g/mol. The van der Waals surface area contributed by atoms with Gasteiger partial charge in [-0.3, -0.25) is 87.1 Å². The van der Waals surface area contributed by atoms with Gasteiger partial charge in [0.1, 0.15) is 78.5 Å². The molecule has 13 amide bonds. The van der Waals surface area contributed by atoms with Gasteiger partial charge in [0.05, 0.1) is 12.6 Å². The summed E-state index contributed by atoms with van der Waals surface area (Å²) >= 11 is 1.42. The lowest BCUT2D eigenvalue weighted by Crippen LogP contribution is -2.60. The van der Waals surface area contributed by atoms with Crippen molar-refractivity contribution in [2.45, 2.75) is 224 Å². The number of hydrogen-bond donors (Lipinski definition) is 25. The van der Waals surface area contributed by atoms with E-state index in [1.54, 1.807) is 20.1 Å². The number of guanidine groups is 4. The van der Waals surface area contributed by atoms with Crippen LogP contribution in [0.1, 0.15) is 133 Å². The van der Waals surface area contributed by atoms with E-state index in [0.29, 0.717) is 18.6 Å². The quantitative estimate of drug-likeness (QED) is 0.0153. The van der Waals surface area contributed by atoms with Crippen molar-refractivity contribution in [1.29, 1.82) is 0 Å². The molecule has 0 fully saturated rings. The molecule has 15 atom stereocenters. The summed E-state index contributed by atoms with van der Waals surface area (Å²) in [5.41, 5.74) is 49.3. The van der Waals surface area contributed by atoms with Crippen molar-refractivity contribution in [3.63, 3.8) is 0 Å². The Morgan fingerprint density at radius 3 is 0.915 bits per heavy atom. The number of amides is 13. The van der Waals surface area contributed by atoms with Crippen LogP contribution in [0, 0.1) is 5.92 Å². The number of nitrogens with zero attached hydrogens (tertiary/aromatic N) is 4. The first-order valence-corrected chi connectivity index (χ1v) is 35.9. The molecule has 34 N–H and O–H groups in total. The number of carbonyl (C=O) groups is 14. The van der Waals surface area contributed by atoms with Crippen LogP contribution in [0.25, 0.3) is 0 Å². The molecular formula is C62H117N27O16S. The van der Waals surface area contributed by atoms with Crippen LogP contribution in [0.2, 0.25) is 0 Å². The minimum atomic E-state index is -1.70. The van der Waals surface area contributed by atoms with Gasteiger partial charge in [-0.15, -0.1) is 0 Å².